The molecule has 1 aliphatic heterocycles. The van der Waals surface area contributed by atoms with Crippen LogP contribution in [0.1, 0.15) is 18.4 Å². The number of pyridine rings is 1. The van der Waals surface area contributed by atoms with Crippen LogP contribution in [0.25, 0.3) is 0 Å². The van der Waals surface area contributed by atoms with E-state index in [9.17, 15) is 0 Å². The summed E-state index contributed by atoms with van der Waals surface area (Å²) in [5, 5.41) is 6.67. The maximum absolute atomic E-state index is 5.66. The number of nitrogens with zero attached hydrogens (tertiary/aromatic N) is 3. The average molecular weight is 347 g/mol. The van der Waals surface area contributed by atoms with Crippen LogP contribution in [0.5, 0.6) is 5.88 Å². The Balaban J connectivity index is 1.33. The van der Waals surface area contributed by atoms with Crippen LogP contribution in [0, 0.1) is 5.92 Å². The van der Waals surface area contributed by atoms with Gasteiger partial charge in [-0.25, -0.2) is 4.98 Å². The fraction of sp³-hybridized carbons (Fsp3) is 0.667. The Labute approximate surface area is 149 Å². The standard InChI is InChI=1S/C18H29N5O2/c1-19-18(20-6-7-23-8-10-24-11-9-23)22-13-16-4-5-17(21-12-16)25-14-15-2-3-15/h4-5,12,15H,2-3,6-11,13-14H2,1H3,(H2,19,20,22). The predicted octanol–water partition coefficient (Wildman–Crippen LogP) is 0.868. The van der Waals surface area contributed by atoms with E-state index in [4.69, 9.17) is 9.47 Å². The number of guanidine groups is 1. The molecular formula is C18H29N5O2. The second kappa shape index (κ2) is 9.58. The zero-order chi connectivity index (χ0) is 17.3. The van der Waals surface area contributed by atoms with Crippen molar-refractivity contribution in [1.29, 1.82) is 0 Å². The van der Waals surface area contributed by atoms with Gasteiger partial charge in [0.25, 0.3) is 0 Å². The van der Waals surface area contributed by atoms with Crippen molar-refractivity contribution < 1.29 is 9.47 Å². The quantitative estimate of drug-likeness (QED) is 0.537. The molecule has 2 aliphatic rings. The van der Waals surface area contributed by atoms with Gasteiger partial charge in [0.1, 0.15) is 0 Å². The SMILES string of the molecule is CN=C(NCCN1CCOCC1)NCc1ccc(OCC2CC2)nc1. The lowest BCUT2D eigenvalue weighted by molar-refractivity contribution is 0.0389. The van der Waals surface area contributed by atoms with Crippen LogP contribution in [0.2, 0.25) is 0 Å². The number of hydrogen-bond acceptors (Lipinski definition) is 5. The van der Waals surface area contributed by atoms with Crippen LogP contribution in [-0.2, 0) is 11.3 Å². The summed E-state index contributed by atoms with van der Waals surface area (Å²) in [7, 11) is 1.79. The molecule has 0 spiro atoms. The van der Waals surface area contributed by atoms with Gasteiger partial charge in [0, 0.05) is 52.0 Å². The summed E-state index contributed by atoms with van der Waals surface area (Å²) >= 11 is 0. The molecule has 0 aromatic carbocycles. The minimum Gasteiger partial charge on any atom is -0.477 e. The van der Waals surface area contributed by atoms with Crippen LogP contribution in [0.4, 0.5) is 0 Å². The highest BCUT2D eigenvalue weighted by Crippen LogP contribution is 2.29. The molecule has 2 heterocycles. The number of rotatable bonds is 8. The summed E-state index contributed by atoms with van der Waals surface area (Å²) in [6.45, 7) is 7.03. The molecule has 1 saturated carbocycles. The average Bonchev–Trinajstić information content (AvgIpc) is 3.49. The second-order valence-electron chi connectivity index (χ2n) is 6.57. The topological polar surface area (TPSA) is 71.0 Å². The number of nitrogens with one attached hydrogen (secondary N) is 2. The highest BCUT2D eigenvalue weighted by Gasteiger charge is 2.22. The molecule has 1 aromatic heterocycles. The Hall–Kier alpha value is -1.86. The van der Waals surface area contributed by atoms with Crippen LogP contribution in [0.15, 0.2) is 23.3 Å². The molecule has 0 radical (unpaired) electrons. The third kappa shape index (κ3) is 6.51. The number of ether oxygens (including phenoxy) is 2. The zero-order valence-corrected chi connectivity index (χ0v) is 15.0. The maximum Gasteiger partial charge on any atom is 0.213 e. The third-order valence-electron chi connectivity index (χ3n) is 4.47. The number of aliphatic imine (C=N–C) groups is 1. The zero-order valence-electron chi connectivity index (χ0n) is 15.0. The van der Waals surface area contributed by atoms with Crippen LogP contribution in [-0.4, -0.2) is 68.9 Å². The minimum atomic E-state index is 0.688. The Morgan fingerprint density at radius 2 is 2.16 bits per heavy atom. The summed E-state index contributed by atoms with van der Waals surface area (Å²) in [5.41, 5.74) is 1.11. The van der Waals surface area contributed by atoms with Gasteiger partial charge in [-0.2, -0.15) is 0 Å². The molecule has 1 saturated heterocycles. The van der Waals surface area contributed by atoms with Crippen molar-refractivity contribution in [2.45, 2.75) is 19.4 Å². The van der Waals surface area contributed by atoms with Crippen molar-refractivity contribution in [2.24, 2.45) is 10.9 Å². The van der Waals surface area contributed by atoms with Gasteiger partial charge >= 0.3 is 0 Å². The number of morpholine rings is 1. The molecule has 0 atom stereocenters. The summed E-state index contributed by atoms with van der Waals surface area (Å²) in [4.78, 5) is 11.0. The molecule has 0 bridgehead atoms. The Morgan fingerprint density at radius 1 is 1.32 bits per heavy atom. The van der Waals surface area contributed by atoms with Crippen molar-refractivity contribution in [3.05, 3.63) is 23.9 Å². The summed E-state index contributed by atoms with van der Waals surface area (Å²) in [5.74, 6) is 2.26. The monoisotopic (exact) mass is 347 g/mol. The Bertz CT molecular complexity index is 539. The molecule has 1 aliphatic carbocycles. The Morgan fingerprint density at radius 3 is 2.84 bits per heavy atom. The van der Waals surface area contributed by atoms with E-state index in [0.29, 0.717) is 12.4 Å². The van der Waals surface area contributed by atoms with E-state index >= 15 is 0 Å². The van der Waals surface area contributed by atoms with Gasteiger partial charge in [0.2, 0.25) is 5.88 Å². The van der Waals surface area contributed by atoms with E-state index in [1.807, 2.05) is 18.3 Å². The molecule has 7 heteroatoms. The van der Waals surface area contributed by atoms with Gasteiger partial charge < -0.3 is 20.1 Å². The first-order chi connectivity index (χ1) is 12.3. The van der Waals surface area contributed by atoms with Crippen molar-refractivity contribution in [3.8, 4) is 5.88 Å². The fourth-order valence-electron chi connectivity index (χ4n) is 2.65. The maximum atomic E-state index is 5.66. The molecule has 0 unspecified atom stereocenters. The van der Waals surface area contributed by atoms with Crippen molar-refractivity contribution in [3.63, 3.8) is 0 Å². The summed E-state index contributed by atoms with van der Waals surface area (Å²) in [6, 6.07) is 3.98. The van der Waals surface area contributed by atoms with Crippen LogP contribution in [0.3, 0.4) is 0 Å². The lowest BCUT2D eigenvalue weighted by Crippen LogP contribution is -2.44. The van der Waals surface area contributed by atoms with Crippen molar-refractivity contribution >= 4 is 5.96 Å². The smallest absolute Gasteiger partial charge is 0.213 e. The molecule has 2 fully saturated rings. The molecule has 138 valence electrons. The summed E-state index contributed by atoms with van der Waals surface area (Å²) in [6.07, 6.45) is 4.44. The lowest BCUT2D eigenvalue weighted by Gasteiger charge is -2.26. The van der Waals surface area contributed by atoms with Crippen molar-refractivity contribution in [2.75, 3.05) is 53.0 Å². The normalized spacial score (nSPS) is 18.8. The first-order valence-electron chi connectivity index (χ1n) is 9.16. The minimum absolute atomic E-state index is 0.688. The van der Waals surface area contributed by atoms with Gasteiger partial charge in [0.05, 0.1) is 19.8 Å². The van der Waals surface area contributed by atoms with Crippen LogP contribution >= 0.6 is 0 Å². The predicted molar refractivity (Wildman–Crippen MR) is 97.9 cm³/mol. The van der Waals surface area contributed by atoms with Gasteiger partial charge in [-0.3, -0.25) is 9.89 Å². The molecule has 2 N–H and O–H groups in total. The summed E-state index contributed by atoms with van der Waals surface area (Å²) < 4.78 is 11.0. The lowest BCUT2D eigenvalue weighted by atomic mass is 10.3. The van der Waals surface area contributed by atoms with E-state index in [1.165, 1.54) is 12.8 Å². The van der Waals surface area contributed by atoms with Gasteiger partial charge in [-0.1, -0.05) is 6.07 Å². The third-order valence-corrected chi connectivity index (χ3v) is 4.47. The molecule has 1 aromatic rings. The van der Waals surface area contributed by atoms with E-state index in [0.717, 1.165) is 63.4 Å². The first kappa shape index (κ1) is 17.9. The van der Waals surface area contributed by atoms with Gasteiger partial charge in [-0.05, 0) is 24.3 Å². The molecule has 0 amide bonds. The van der Waals surface area contributed by atoms with Gasteiger partial charge in [0.15, 0.2) is 5.96 Å². The van der Waals surface area contributed by atoms with E-state index in [-0.39, 0.29) is 0 Å². The van der Waals surface area contributed by atoms with Crippen LogP contribution < -0.4 is 15.4 Å². The van der Waals surface area contributed by atoms with E-state index < -0.39 is 0 Å². The fourth-order valence-corrected chi connectivity index (χ4v) is 2.65. The Kier molecular flexibility index (Phi) is 6.88. The van der Waals surface area contributed by atoms with E-state index in [2.05, 4.69) is 25.5 Å². The highest BCUT2D eigenvalue weighted by molar-refractivity contribution is 5.79. The highest BCUT2D eigenvalue weighted by atomic mass is 16.5. The molecule has 25 heavy (non-hydrogen) atoms. The second-order valence-corrected chi connectivity index (χ2v) is 6.57. The number of aromatic nitrogens is 1. The first-order valence-corrected chi connectivity index (χ1v) is 9.16. The molecular weight excluding hydrogens is 318 g/mol. The van der Waals surface area contributed by atoms with Crippen molar-refractivity contribution in [1.82, 2.24) is 20.5 Å². The largest absolute Gasteiger partial charge is 0.477 e. The molecule has 7 nitrogen and oxygen atoms in total. The number of hydrogen-bond donors (Lipinski definition) is 2. The molecule has 3 rings (SSSR count). The van der Waals surface area contributed by atoms with E-state index in [1.54, 1.807) is 7.05 Å². The van der Waals surface area contributed by atoms with Gasteiger partial charge in [-0.15, -0.1) is 0 Å².